The van der Waals surface area contributed by atoms with Gasteiger partial charge in [-0.25, -0.2) is 19.7 Å². The topological polar surface area (TPSA) is 94.2 Å². The van der Waals surface area contributed by atoms with Crippen molar-refractivity contribution in [2.45, 2.75) is 51.4 Å². The summed E-state index contributed by atoms with van der Waals surface area (Å²) >= 11 is 6.89. The molecule has 37 heavy (non-hydrogen) atoms. The summed E-state index contributed by atoms with van der Waals surface area (Å²) in [6.07, 6.45) is -4.83. The molecule has 3 aromatic rings. The highest BCUT2D eigenvalue weighted by atomic mass is 79.9. The monoisotopic (exact) mass is 641 g/mol. The number of amides is 1. The molecule has 0 bridgehead atoms. The molecule has 3 heterocycles. The number of hydrogen-bond acceptors (Lipinski definition) is 6. The second-order valence-electron chi connectivity index (χ2n) is 8.55. The highest BCUT2D eigenvalue weighted by molar-refractivity contribution is 9.10. The molecule has 1 amide bonds. The second-order valence-corrected chi connectivity index (χ2v) is 10.2. The lowest BCUT2D eigenvalue weighted by molar-refractivity contribution is -0.137. The number of ether oxygens (including phenoxy) is 1. The lowest BCUT2D eigenvalue weighted by atomic mass is 9.79. The number of nitrogens with zero attached hydrogens (tertiary/aromatic N) is 4. The number of nitrogens with two attached hydrogens (primary N) is 1. The van der Waals surface area contributed by atoms with Gasteiger partial charge in [0.15, 0.2) is 0 Å². The normalized spacial score (nSPS) is 19.5. The highest BCUT2D eigenvalue weighted by Gasteiger charge is 2.45. The molecule has 0 radical (unpaired) electrons. The molecular formula is C25H24Br2F3N5O2. The zero-order chi connectivity index (χ0) is 27.1. The first-order valence-electron chi connectivity index (χ1n) is 11.6. The number of fused-ring (bicyclic) bond motifs is 1. The summed E-state index contributed by atoms with van der Waals surface area (Å²) in [4.78, 5) is 28.1. The van der Waals surface area contributed by atoms with Crippen LogP contribution in [0.2, 0.25) is 0 Å². The Morgan fingerprint density at radius 2 is 1.86 bits per heavy atom. The van der Waals surface area contributed by atoms with E-state index in [1.807, 2.05) is 6.92 Å². The van der Waals surface area contributed by atoms with Crippen LogP contribution < -0.4 is 10.6 Å². The predicted molar refractivity (Wildman–Crippen MR) is 140 cm³/mol. The summed E-state index contributed by atoms with van der Waals surface area (Å²) in [6.45, 7) is 5.39. The van der Waals surface area contributed by atoms with Crippen LogP contribution in [0.15, 0.2) is 45.5 Å². The summed E-state index contributed by atoms with van der Waals surface area (Å²) in [5, 5.41) is 0. The number of anilines is 1. The molecular weight excluding hydrogens is 619 g/mol. The van der Waals surface area contributed by atoms with E-state index < -0.39 is 35.8 Å². The van der Waals surface area contributed by atoms with Crippen LogP contribution in [0.3, 0.4) is 0 Å². The largest absolute Gasteiger partial charge is 0.449 e. The molecule has 196 valence electrons. The summed E-state index contributed by atoms with van der Waals surface area (Å²) in [5.74, 6) is -0.585. The van der Waals surface area contributed by atoms with Gasteiger partial charge in [0.25, 0.3) is 0 Å². The Hall–Kier alpha value is -2.57. The zero-order valence-corrected chi connectivity index (χ0v) is 23.4. The van der Waals surface area contributed by atoms with E-state index in [-0.39, 0.29) is 23.7 Å². The number of carbonyl (C=O) groups excluding carboxylic acids is 1. The number of carbonyl (C=O) groups is 1. The van der Waals surface area contributed by atoms with Gasteiger partial charge in [-0.15, -0.1) is 0 Å². The van der Waals surface area contributed by atoms with E-state index in [4.69, 9.17) is 15.5 Å². The maximum Gasteiger partial charge on any atom is 0.416 e. The molecule has 7 nitrogen and oxygen atoms in total. The van der Waals surface area contributed by atoms with Gasteiger partial charge in [0.2, 0.25) is 0 Å². The molecule has 0 saturated heterocycles. The second kappa shape index (κ2) is 10.7. The third kappa shape index (κ3) is 5.23. The van der Waals surface area contributed by atoms with Crippen molar-refractivity contribution in [3.05, 3.63) is 68.1 Å². The number of benzene rings is 1. The number of halogens is 5. The molecule has 3 unspecified atom stereocenters. The smallest absolute Gasteiger partial charge is 0.416 e. The average molecular weight is 643 g/mol. The summed E-state index contributed by atoms with van der Waals surface area (Å²) < 4.78 is 47.7. The first-order valence-corrected chi connectivity index (χ1v) is 13.2. The van der Waals surface area contributed by atoms with Gasteiger partial charge in [0.05, 0.1) is 45.7 Å². The van der Waals surface area contributed by atoms with E-state index in [9.17, 15) is 18.0 Å². The fraction of sp³-hybridized carbons (Fsp3) is 0.360. The van der Waals surface area contributed by atoms with E-state index in [2.05, 4.69) is 41.8 Å². The number of alkyl halides is 3. The zero-order valence-electron chi connectivity index (χ0n) is 20.2. The van der Waals surface area contributed by atoms with Crippen LogP contribution in [-0.4, -0.2) is 39.7 Å². The van der Waals surface area contributed by atoms with E-state index in [0.717, 1.165) is 12.1 Å². The van der Waals surface area contributed by atoms with Crippen LogP contribution in [0.5, 0.6) is 0 Å². The SMILES string of the molecule is CCOC(=O)N1c2ccc(C(F)(F)F)cc2C(c2nc(C)c(Br)c(-c3cccc(Br)n3)n2)C(N)C1CC. The maximum absolute atomic E-state index is 13.8. The van der Waals surface area contributed by atoms with Crippen LogP contribution in [0, 0.1) is 6.92 Å². The van der Waals surface area contributed by atoms with Crippen molar-refractivity contribution in [2.75, 3.05) is 11.5 Å². The van der Waals surface area contributed by atoms with Crippen LogP contribution in [0.4, 0.5) is 23.7 Å². The minimum Gasteiger partial charge on any atom is -0.449 e. The van der Waals surface area contributed by atoms with Gasteiger partial charge < -0.3 is 10.5 Å². The Bertz CT molecular complexity index is 1340. The number of pyridine rings is 1. The lowest BCUT2D eigenvalue weighted by Gasteiger charge is -2.44. The van der Waals surface area contributed by atoms with Gasteiger partial charge in [0, 0.05) is 6.04 Å². The molecule has 0 aliphatic carbocycles. The van der Waals surface area contributed by atoms with Gasteiger partial charge >= 0.3 is 12.3 Å². The molecule has 1 aliphatic rings. The Labute approximate surface area is 228 Å². The van der Waals surface area contributed by atoms with Crippen molar-refractivity contribution >= 4 is 43.6 Å². The van der Waals surface area contributed by atoms with E-state index in [1.54, 1.807) is 32.0 Å². The first kappa shape index (κ1) is 27.5. The quantitative estimate of drug-likeness (QED) is 0.322. The van der Waals surface area contributed by atoms with Gasteiger partial charge in [-0.05, 0) is 88.0 Å². The van der Waals surface area contributed by atoms with Crippen molar-refractivity contribution < 1.29 is 22.7 Å². The van der Waals surface area contributed by atoms with Crippen LogP contribution in [0.25, 0.3) is 11.4 Å². The van der Waals surface area contributed by atoms with Crippen molar-refractivity contribution in [1.29, 1.82) is 0 Å². The van der Waals surface area contributed by atoms with Crippen LogP contribution in [0.1, 0.15) is 48.8 Å². The van der Waals surface area contributed by atoms with Crippen LogP contribution >= 0.6 is 31.9 Å². The van der Waals surface area contributed by atoms with E-state index in [1.165, 1.54) is 11.0 Å². The standard InChI is InChI=1S/C25H24Br2F3N5O2/c1-4-16-21(31)19(23-32-12(3)20(27)22(34-23)15-7-6-8-18(26)33-15)14-11-13(25(28,29)30)9-10-17(14)35(16)24(36)37-5-2/h6-11,16,19,21H,4-5,31H2,1-3H3. The lowest BCUT2D eigenvalue weighted by Crippen LogP contribution is -2.57. The molecule has 0 saturated carbocycles. The van der Waals surface area contributed by atoms with E-state index in [0.29, 0.717) is 32.6 Å². The molecule has 2 N–H and O–H groups in total. The fourth-order valence-electron chi connectivity index (χ4n) is 4.60. The third-order valence-electron chi connectivity index (χ3n) is 6.26. The predicted octanol–water partition coefficient (Wildman–Crippen LogP) is 6.61. The molecule has 12 heteroatoms. The third-order valence-corrected chi connectivity index (χ3v) is 7.65. The van der Waals surface area contributed by atoms with Gasteiger partial charge in [-0.3, -0.25) is 4.90 Å². The molecule has 4 rings (SSSR count). The number of aromatic nitrogens is 3. The number of hydrogen-bond donors (Lipinski definition) is 1. The minimum absolute atomic E-state index is 0.110. The maximum atomic E-state index is 13.8. The molecule has 1 aromatic carbocycles. The Morgan fingerprint density at radius 1 is 1.14 bits per heavy atom. The van der Waals surface area contributed by atoms with Crippen molar-refractivity contribution in [2.24, 2.45) is 5.73 Å². The summed E-state index contributed by atoms with van der Waals surface area (Å²) in [7, 11) is 0. The average Bonchev–Trinajstić information content (AvgIpc) is 2.84. The Balaban J connectivity index is 1.98. The van der Waals surface area contributed by atoms with Crippen molar-refractivity contribution in [3.8, 4) is 11.4 Å². The van der Waals surface area contributed by atoms with Crippen molar-refractivity contribution in [1.82, 2.24) is 15.0 Å². The molecule has 0 spiro atoms. The first-order chi connectivity index (χ1) is 17.5. The van der Waals surface area contributed by atoms with Crippen LogP contribution in [-0.2, 0) is 10.9 Å². The molecule has 2 aromatic heterocycles. The molecule has 3 atom stereocenters. The number of rotatable bonds is 4. The summed E-state index contributed by atoms with van der Waals surface area (Å²) in [6, 6.07) is 7.24. The minimum atomic E-state index is -4.60. The van der Waals surface area contributed by atoms with Gasteiger partial charge in [-0.2, -0.15) is 13.2 Å². The summed E-state index contributed by atoms with van der Waals surface area (Å²) in [5.41, 5.74) is 7.95. The van der Waals surface area contributed by atoms with Crippen molar-refractivity contribution in [3.63, 3.8) is 0 Å². The number of aryl methyl sites for hydroxylation is 1. The highest BCUT2D eigenvalue weighted by Crippen LogP contribution is 2.45. The molecule has 0 fully saturated rings. The van der Waals surface area contributed by atoms with Gasteiger partial charge in [-0.1, -0.05) is 13.0 Å². The fourth-order valence-corrected chi connectivity index (χ4v) is 5.33. The Morgan fingerprint density at radius 3 is 2.49 bits per heavy atom. The Kier molecular flexibility index (Phi) is 7.91. The van der Waals surface area contributed by atoms with E-state index >= 15 is 0 Å². The van der Waals surface area contributed by atoms with Gasteiger partial charge in [0.1, 0.15) is 16.1 Å². The molecule has 1 aliphatic heterocycles.